The zero-order valence-corrected chi connectivity index (χ0v) is 17.4. The van der Waals surface area contributed by atoms with Gasteiger partial charge in [-0.1, -0.05) is 6.07 Å². The Bertz CT molecular complexity index is 913. The van der Waals surface area contributed by atoms with Crippen molar-refractivity contribution in [2.45, 2.75) is 4.90 Å². The van der Waals surface area contributed by atoms with Gasteiger partial charge in [0.15, 0.2) is 0 Å². The summed E-state index contributed by atoms with van der Waals surface area (Å²) in [6.45, 7) is 2.71. The fourth-order valence-corrected chi connectivity index (χ4v) is 4.17. The molecule has 1 heterocycles. The topological polar surface area (TPSA) is 79.0 Å². The van der Waals surface area contributed by atoms with Crippen molar-refractivity contribution < 1.29 is 17.9 Å². The van der Waals surface area contributed by atoms with Gasteiger partial charge in [0, 0.05) is 38.8 Å². The van der Waals surface area contributed by atoms with E-state index in [1.54, 1.807) is 48.4 Å². The number of anilines is 1. The van der Waals surface area contributed by atoms with Gasteiger partial charge in [0.2, 0.25) is 0 Å². The van der Waals surface area contributed by atoms with E-state index in [1.165, 1.54) is 23.5 Å². The molecule has 9 heteroatoms. The Labute approximate surface area is 171 Å². The molecule has 7 nitrogen and oxygen atoms in total. The van der Waals surface area contributed by atoms with Crippen molar-refractivity contribution in [3.63, 3.8) is 0 Å². The van der Waals surface area contributed by atoms with Crippen molar-refractivity contribution in [1.82, 2.24) is 10.2 Å². The number of methoxy groups -OCH3 is 1. The zero-order chi connectivity index (χ0) is 19.4. The molecular formula is C19H24ClN3O4S. The van der Waals surface area contributed by atoms with Crippen molar-refractivity contribution in [3.8, 4) is 5.75 Å². The minimum absolute atomic E-state index is 0. The maximum Gasteiger partial charge on any atom is 0.264 e. The number of rotatable bonds is 5. The molecule has 1 aliphatic rings. The number of benzene rings is 2. The summed E-state index contributed by atoms with van der Waals surface area (Å²) < 4.78 is 32.3. The van der Waals surface area contributed by atoms with Crippen LogP contribution < -0.4 is 14.4 Å². The number of carbonyl (C=O) groups excluding carboxylic acids is 1. The van der Waals surface area contributed by atoms with Gasteiger partial charge in [0.1, 0.15) is 5.75 Å². The molecule has 0 saturated carbocycles. The van der Waals surface area contributed by atoms with Crippen molar-refractivity contribution >= 4 is 34.0 Å². The van der Waals surface area contributed by atoms with Gasteiger partial charge in [0.05, 0.1) is 17.7 Å². The van der Waals surface area contributed by atoms with Crippen molar-refractivity contribution in [3.05, 3.63) is 54.1 Å². The molecule has 1 N–H and O–H groups in total. The van der Waals surface area contributed by atoms with Gasteiger partial charge in [-0.2, -0.15) is 0 Å². The highest BCUT2D eigenvalue weighted by atomic mass is 35.5. The summed E-state index contributed by atoms with van der Waals surface area (Å²) in [7, 11) is -0.749. The highest BCUT2D eigenvalue weighted by molar-refractivity contribution is 7.92. The molecule has 0 spiro atoms. The molecule has 0 radical (unpaired) electrons. The van der Waals surface area contributed by atoms with Gasteiger partial charge in [-0.3, -0.25) is 9.10 Å². The second-order valence-corrected chi connectivity index (χ2v) is 8.21. The van der Waals surface area contributed by atoms with Gasteiger partial charge >= 0.3 is 0 Å². The summed E-state index contributed by atoms with van der Waals surface area (Å²) >= 11 is 0. The van der Waals surface area contributed by atoms with Crippen LogP contribution in [0.4, 0.5) is 5.69 Å². The lowest BCUT2D eigenvalue weighted by Gasteiger charge is -2.27. The van der Waals surface area contributed by atoms with Gasteiger partial charge in [-0.25, -0.2) is 8.42 Å². The Morgan fingerprint density at radius 3 is 2.36 bits per heavy atom. The van der Waals surface area contributed by atoms with Crippen LogP contribution in [-0.2, 0) is 10.0 Å². The first-order valence-corrected chi connectivity index (χ1v) is 10.1. The molecule has 2 aromatic rings. The van der Waals surface area contributed by atoms with Crippen molar-refractivity contribution in [2.24, 2.45) is 0 Å². The number of hydrogen-bond acceptors (Lipinski definition) is 5. The molecule has 1 fully saturated rings. The van der Waals surface area contributed by atoms with E-state index in [0.717, 1.165) is 13.1 Å². The predicted molar refractivity (Wildman–Crippen MR) is 111 cm³/mol. The van der Waals surface area contributed by atoms with Crippen LogP contribution in [0.5, 0.6) is 5.75 Å². The molecule has 152 valence electrons. The van der Waals surface area contributed by atoms with Gasteiger partial charge in [-0.15, -0.1) is 12.4 Å². The van der Waals surface area contributed by atoms with Crippen molar-refractivity contribution in [2.75, 3.05) is 44.6 Å². The van der Waals surface area contributed by atoms with Crippen LogP contribution in [0.1, 0.15) is 10.4 Å². The lowest BCUT2D eigenvalue weighted by molar-refractivity contribution is 0.0735. The Kier molecular flexibility index (Phi) is 7.29. The maximum atomic E-state index is 13.0. The predicted octanol–water partition coefficient (Wildman–Crippen LogP) is 1.99. The monoisotopic (exact) mass is 425 g/mol. The summed E-state index contributed by atoms with van der Waals surface area (Å²) in [6.07, 6.45) is 0. The first-order valence-electron chi connectivity index (χ1n) is 8.66. The molecule has 0 aromatic heterocycles. The fraction of sp³-hybridized carbons (Fsp3) is 0.316. The summed E-state index contributed by atoms with van der Waals surface area (Å²) in [5, 5.41) is 3.19. The van der Waals surface area contributed by atoms with E-state index in [9.17, 15) is 13.2 Å². The van der Waals surface area contributed by atoms with Gasteiger partial charge in [0.25, 0.3) is 15.9 Å². The summed E-state index contributed by atoms with van der Waals surface area (Å²) in [4.78, 5) is 14.5. The van der Waals surface area contributed by atoms with Gasteiger partial charge in [-0.05, 0) is 42.5 Å². The van der Waals surface area contributed by atoms with Crippen LogP contribution in [0.25, 0.3) is 0 Å². The molecule has 0 atom stereocenters. The Hall–Kier alpha value is -2.29. The third-order valence-electron chi connectivity index (χ3n) is 4.58. The minimum Gasteiger partial charge on any atom is -0.497 e. The van der Waals surface area contributed by atoms with Crippen LogP contribution in [0.15, 0.2) is 53.4 Å². The minimum atomic E-state index is -3.79. The number of halogens is 1. The van der Waals surface area contributed by atoms with Crippen LogP contribution in [0.3, 0.4) is 0 Å². The van der Waals surface area contributed by atoms with E-state index < -0.39 is 10.0 Å². The maximum absolute atomic E-state index is 13.0. The first-order chi connectivity index (χ1) is 12.9. The number of carbonyl (C=O) groups is 1. The number of sulfonamides is 1. The largest absolute Gasteiger partial charge is 0.497 e. The second kappa shape index (κ2) is 9.27. The molecule has 1 amide bonds. The highest BCUT2D eigenvalue weighted by Crippen LogP contribution is 2.25. The molecule has 1 saturated heterocycles. The SMILES string of the molecule is COc1ccc(N(C)S(=O)(=O)c2cccc(C(=O)N3CCNCC3)c2)cc1.Cl. The summed E-state index contributed by atoms with van der Waals surface area (Å²) in [5.74, 6) is 0.494. The normalized spacial score (nSPS) is 14.1. The Morgan fingerprint density at radius 1 is 1.11 bits per heavy atom. The third kappa shape index (κ3) is 4.57. The quantitative estimate of drug-likeness (QED) is 0.792. The van der Waals surface area contributed by atoms with E-state index in [4.69, 9.17) is 4.74 Å². The number of nitrogens with one attached hydrogen (secondary N) is 1. The van der Waals surface area contributed by atoms with E-state index in [0.29, 0.717) is 30.1 Å². The standard InChI is InChI=1S/C19H23N3O4S.ClH/c1-21(16-6-8-17(26-2)9-7-16)27(24,25)18-5-3-4-15(14-18)19(23)22-12-10-20-11-13-22;/h3-9,14,20H,10-13H2,1-2H3;1H. The van der Waals surface area contributed by atoms with Crippen LogP contribution >= 0.6 is 12.4 Å². The van der Waals surface area contributed by atoms with E-state index in [-0.39, 0.29) is 23.2 Å². The molecular weight excluding hydrogens is 402 g/mol. The third-order valence-corrected chi connectivity index (χ3v) is 6.36. The number of amides is 1. The molecule has 0 unspecified atom stereocenters. The van der Waals surface area contributed by atoms with Crippen molar-refractivity contribution in [1.29, 1.82) is 0 Å². The van der Waals surface area contributed by atoms with Crippen LogP contribution in [0, 0.1) is 0 Å². The Balaban J connectivity index is 0.00000280. The van der Waals surface area contributed by atoms with E-state index in [2.05, 4.69) is 5.32 Å². The molecule has 3 rings (SSSR count). The smallest absolute Gasteiger partial charge is 0.264 e. The summed E-state index contributed by atoms with van der Waals surface area (Å²) in [6, 6.07) is 12.9. The fourth-order valence-electron chi connectivity index (χ4n) is 2.93. The Morgan fingerprint density at radius 2 is 1.75 bits per heavy atom. The lowest BCUT2D eigenvalue weighted by Crippen LogP contribution is -2.46. The highest BCUT2D eigenvalue weighted by Gasteiger charge is 2.24. The molecule has 0 aliphatic carbocycles. The number of ether oxygens (including phenoxy) is 1. The second-order valence-electron chi connectivity index (χ2n) is 6.24. The number of piperazine rings is 1. The van der Waals surface area contributed by atoms with Gasteiger partial charge < -0.3 is 15.0 Å². The van der Waals surface area contributed by atoms with E-state index >= 15 is 0 Å². The van der Waals surface area contributed by atoms with E-state index in [1.807, 2.05) is 0 Å². The molecule has 1 aliphatic heterocycles. The van der Waals surface area contributed by atoms with Crippen LogP contribution in [0.2, 0.25) is 0 Å². The molecule has 2 aromatic carbocycles. The molecule has 0 bridgehead atoms. The number of nitrogens with zero attached hydrogens (tertiary/aromatic N) is 2. The average molecular weight is 426 g/mol. The summed E-state index contributed by atoms with van der Waals surface area (Å²) in [5.41, 5.74) is 0.885. The van der Waals surface area contributed by atoms with Crippen LogP contribution in [-0.4, -0.2) is 59.6 Å². The molecule has 28 heavy (non-hydrogen) atoms. The zero-order valence-electron chi connectivity index (χ0n) is 15.8. The number of hydrogen-bond donors (Lipinski definition) is 1. The first kappa shape index (κ1) is 22.0. The average Bonchev–Trinajstić information content (AvgIpc) is 2.73. The lowest BCUT2D eigenvalue weighted by atomic mass is 10.2.